The second-order valence-electron chi connectivity index (χ2n) is 3.97. The summed E-state index contributed by atoms with van der Waals surface area (Å²) in [7, 11) is 0. The molecule has 0 unspecified atom stereocenters. The Bertz CT molecular complexity index is 639. The average Bonchev–Trinajstić information content (AvgIpc) is 2.86. The lowest BCUT2D eigenvalue weighted by atomic mass is 10.2. The summed E-state index contributed by atoms with van der Waals surface area (Å²) in [6, 6.07) is 4.53. The molecule has 1 aromatic heterocycles. The van der Waals surface area contributed by atoms with Crippen molar-refractivity contribution in [3.05, 3.63) is 39.9 Å². The molecule has 0 spiro atoms. The predicted octanol–water partition coefficient (Wildman–Crippen LogP) is 3.98. The highest BCUT2D eigenvalue weighted by Crippen LogP contribution is 2.31. The van der Waals surface area contributed by atoms with Gasteiger partial charge in [0, 0.05) is 0 Å². The van der Waals surface area contributed by atoms with Crippen molar-refractivity contribution in [2.24, 2.45) is 0 Å². The highest BCUT2D eigenvalue weighted by Gasteiger charge is 2.22. The quantitative estimate of drug-likeness (QED) is 0.789. The molecule has 1 heterocycles. The second-order valence-corrected chi connectivity index (χ2v) is 4.76. The molecular formula is C14H13BrFNO3. The Labute approximate surface area is 124 Å². The molecule has 0 N–H and O–H groups in total. The number of halogens is 2. The Morgan fingerprint density at radius 2 is 2.20 bits per heavy atom. The van der Waals surface area contributed by atoms with Crippen molar-refractivity contribution in [1.29, 1.82) is 0 Å². The van der Waals surface area contributed by atoms with E-state index in [9.17, 15) is 9.18 Å². The van der Waals surface area contributed by atoms with E-state index in [4.69, 9.17) is 9.15 Å². The zero-order valence-electron chi connectivity index (χ0n) is 11.1. The predicted molar refractivity (Wildman–Crippen MR) is 74.9 cm³/mol. The minimum atomic E-state index is -0.560. The Hall–Kier alpha value is -1.69. The van der Waals surface area contributed by atoms with Crippen molar-refractivity contribution < 1.29 is 18.3 Å². The molecule has 4 nitrogen and oxygen atoms in total. The van der Waals surface area contributed by atoms with Crippen LogP contribution >= 0.6 is 15.9 Å². The number of rotatable bonds is 4. The monoisotopic (exact) mass is 341 g/mol. The zero-order chi connectivity index (χ0) is 14.7. The van der Waals surface area contributed by atoms with Gasteiger partial charge in [0.05, 0.1) is 22.3 Å². The Kier molecular flexibility index (Phi) is 4.54. The van der Waals surface area contributed by atoms with Gasteiger partial charge in [-0.25, -0.2) is 14.2 Å². The number of nitrogens with zero attached hydrogens (tertiary/aromatic N) is 1. The number of hydrogen-bond acceptors (Lipinski definition) is 4. The van der Waals surface area contributed by atoms with Crippen LogP contribution in [-0.4, -0.2) is 17.6 Å². The SMILES string of the molecule is CCOC(=O)c1oc(-c2cccc(F)c2Br)nc1CC. The van der Waals surface area contributed by atoms with Crippen LogP contribution in [0.3, 0.4) is 0 Å². The molecule has 1 aromatic carbocycles. The average molecular weight is 342 g/mol. The summed E-state index contributed by atoms with van der Waals surface area (Å²) in [5.74, 6) is -0.719. The third-order valence-corrected chi connectivity index (χ3v) is 3.48. The minimum Gasteiger partial charge on any atom is -0.460 e. The number of ether oxygens (including phenoxy) is 1. The summed E-state index contributed by atoms with van der Waals surface area (Å²) < 4.78 is 24.1. The lowest BCUT2D eigenvalue weighted by molar-refractivity contribution is 0.0489. The van der Waals surface area contributed by atoms with E-state index >= 15 is 0 Å². The fraction of sp³-hybridized carbons (Fsp3) is 0.286. The molecule has 20 heavy (non-hydrogen) atoms. The van der Waals surface area contributed by atoms with Crippen molar-refractivity contribution >= 4 is 21.9 Å². The van der Waals surface area contributed by atoms with Gasteiger partial charge in [0.15, 0.2) is 0 Å². The Balaban J connectivity index is 2.49. The lowest BCUT2D eigenvalue weighted by Crippen LogP contribution is -2.05. The molecule has 0 fully saturated rings. The molecule has 0 aliphatic heterocycles. The molecule has 0 radical (unpaired) electrons. The third-order valence-electron chi connectivity index (χ3n) is 2.68. The van der Waals surface area contributed by atoms with Crippen LogP contribution in [0.2, 0.25) is 0 Å². The van der Waals surface area contributed by atoms with E-state index in [0.29, 0.717) is 17.7 Å². The van der Waals surface area contributed by atoms with E-state index in [1.807, 2.05) is 6.92 Å². The van der Waals surface area contributed by atoms with Crippen LogP contribution in [0.1, 0.15) is 30.1 Å². The normalized spacial score (nSPS) is 10.6. The topological polar surface area (TPSA) is 52.3 Å². The molecule has 6 heteroatoms. The third kappa shape index (κ3) is 2.75. The van der Waals surface area contributed by atoms with Crippen LogP contribution in [0.4, 0.5) is 4.39 Å². The van der Waals surface area contributed by atoms with E-state index in [0.717, 1.165) is 0 Å². The highest BCUT2D eigenvalue weighted by molar-refractivity contribution is 9.10. The summed E-state index contributed by atoms with van der Waals surface area (Å²) in [5.41, 5.74) is 0.949. The maximum Gasteiger partial charge on any atom is 0.376 e. The molecule has 0 saturated carbocycles. The first-order valence-electron chi connectivity index (χ1n) is 6.19. The summed E-state index contributed by atoms with van der Waals surface area (Å²) in [5, 5.41) is 0. The fourth-order valence-corrected chi connectivity index (χ4v) is 2.17. The molecule has 0 aliphatic carbocycles. The number of aryl methyl sites for hydroxylation is 1. The zero-order valence-corrected chi connectivity index (χ0v) is 12.7. The Morgan fingerprint density at radius 1 is 1.45 bits per heavy atom. The van der Waals surface area contributed by atoms with E-state index in [1.54, 1.807) is 19.1 Å². The van der Waals surface area contributed by atoms with Crippen molar-refractivity contribution in [2.45, 2.75) is 20.3 Å². The number of carbonyl (C=O) groups excluding carboxylic acids is 1. The summed E-state index contributed by atoms with van der Waals surface area (Å²) in [6.07, 6.45) is 0.518. The molecular weight excluding hydrogens is 329 g/mol. The van der Waals surface area contributed by atoms with Crippen LogP contribution in [0.25, 0.3) is 11.5 Å². The first-order valence-corrected chi connectivity index (χ1v) is 6.99. The van der Waals surface area contributed by atoms with Gasteiger partial charge >= 0.3 is 5.97 Å². The van der Waals surface area contributed by atoms with Gasteiger partial charge in [0.2, 0.25) is 11.7 Å². The number of oxazole rings is 1. The molecule has 0 saturated heterocycles. The van der Waals surface area contributed by atoms with Gasteiger partial charge in [-0.05, 0) is 41.4 Å². The molecule has 2 rings (SSSR count). The molecule has 2 aromatic rings. The Morgan fingerprint density at radius 3 is 2.85 bits per heavy atom. The van der Waals surface area contributed by atoms with Gasteiger partial charge in [-0.15, -0.1) is 0 Å². The van der Waals surface area contributed by atoms with Crippen molar-refractivity contribution in [3.63, 3.8) is 0 Å². The van der Waals surface area contributed by atoms with E-state index < -0.39 is 11.8 Å². The number of aromatic nitrogens is 1. The lowest BCUT2D eigenvalue weighted by Gasteiger charge is -2.00. The largest absolute Gasteiger partial charge is 0.460 e. The molecule has 106 valence electrons. The van der Waals surface area contributed by atoms with E-state index in [1.165, 1.54) is 6.07 Å². The van der Waals surface area contributed by atoms with Gasteiger partial charge in [-0.2, -0.15) is 0 Å². The first kappa shape index (κ1) is 14.7. The van der Waals surface area contributed by atoms with Crippen LogP contribution in [0, 0.1) is 5.82 Å². The number of esters is 1. The molecule has 0 atom stereocenters. The van der Waals surface area contributed by atoms with E-state index in [-0.39, 0.29) is 22.7 Å². The highest BCUT2D eigenvalue weighted by atomic mass is 79.9. The van der Waals surface area contributed by atoms with Gasteiger partial charge in [-0.1, -0.05) is 13.0 Å². The summed E-state index contributed by atoms with van der Waals surface area (Å²) in [4.78, 5) is 16.0. The number of carbonyl (C=O) groups is 1. The van der Waals surface area contributed by atoms with Crippen LogP contribution in [-0.2, 0) is 11.2 Å². The van der Waals surface area contributed by atoms with Gasteiger partial charge in [0.1, 0.15) is 5.82 Å². The van der Waals surface area contributed by atoms with E-state index in [2.05, 4.69) is 20.9 Å². The van der Waals surface area contributed by atoms with Gasteiger partial charge < -0.3 is 9.15 Å². The molecule has 0 amide bonds. The fourth-order valence-electron chi connectivity index (χ4n) is 1.73. The van der Waals surface area contributed by atoms with Crippen molar-refractivity contribution in [2.75, 3.05) is 6.61 Å². The van der Waals surface area contributed by atoms with Crippen molar-refractivity contribution in [3.8, 4) is 11.5 Å². The molecule has 0 aliphatic rings. The summed E-state index contributed by atoms with van der Waals surface area (Å²) in [6.45, 7) is 3.82. The number of hydrogen-bond donors (Lipinski definition) is 0. The van der Waals surface area contributed by atoms with Crippen molar-refractivity contribution in [1.82, 2.24) is 4.98 Å². The van der Waals surface area contributed by atoms with Gasteiger partial charge in [0.25, 0.3) is 0 Å². The maximum atomic E-state index is 13.5. The second kappa shape index (κ2) is 6.17. The van der Waals surface area contributed by atoms with Crippen LogP contribution < -0.4 is 0 Å². The minimum absolute atomic E-state index is 0.0699. The standard InChI is InChI=1S/C14H13BrFNO3/c1-3-10-12(14(18)19-4-2)20-13(17-10)8-6-5-7-9(16)11(8)15/h5-7H,3-4H2,1-2H3. The smallest absolute Gasteiger partial charge is 0.376 e. The first-order chi connectivity index (χ1) is 9.58. The van der Waals surface area contributed by atoms with Gasteiger partial charge in [-0.3, -0.25) is 0 Å². The summed E-state index contributed by atoms with van der Waals surface area (Å²) >= 11 is 3.15. The van der Waals surface area contributed by atoms with Crippen LogP contribution in [0.15, 0.2) is 27.1 Å². The van der Waals surface area contributed by atoms with Crippen LogP contribution in [0.5, 0.6) is 0 Å². The number of benzene rings is 1. The molecule has 0 bridgehead atoms. The maximum absolute atomic E-state index is 13.5.